The van der Waals surface area contributed by atoms with E-state index in [9.17, 15) is 4.79 Å². The van der Waals surface area contributed by atoms with E-state index in [1.54, 1.807) is 31.2 Å². The Morgan fingerprint density at radius 1 is 1.50 bits per heavy atom. The van der Waals surface area contributed by atoms with Crippen molar-refractivity contribution in [2.75, 3.05) is 11.1 Å². The molecule has 0 aliphatic rings. The summed E-state index contributed by atoms with van der Waals surface area (Å²) in [5.41, 5.74) is 6.81. The Hall–Kier alpha value is -2.64. The zero-order chi connectivity index (χ0) is 13.0. The van der Waals surface area contributed by atoms with Crippen LogP contribution in [0.4, 0.5) is 16.2 Å². The van der Waals surface area contributed by atoms with Crippen LogP contribution in [0.25, 0.3) is 0 Å². The molecule has 0 saturated carbocycles. The minimum Gasteiger partial charge on any atom is -0.399 e. The fourth-order valence-corrected chi connectivity index (χ4v) is 1.40. The maximum Gasteiger partial charge on any atom is 0.319 e. The van der Waals surface area contributed by atoms with Gasteiger partial charge in [0.05, 0.1) is 6.04 Å². The molecule has 1 aromatic carbocycles. The molecule has 0 fully saturated rings. The van der Waals surface area contributed by atoms with Gasteiger partial charge in [-0.1, -0.05) is 11.3 Å². The van der Waals surface area contributed by atoms with Gasteiger partial charge in [0.1, 0.15) is 0 Å². The number of amides is 2. The molecule has 0 bridgehead atoms. The first-order chi connectivity index (χ1) is 8.65. The number of rotatable bonds is 3. The number of anilines is 2. The monoisotopic (exact) mass is 247 g/mol. The third kappa shape index (κ3) is 2.94. The number of carbonyl (C=O) groups excluding carboxylic acids is 1. The Morgan fingerprint density at radius 2 is 2.33 bits per heavy atom. The molecule has 2 amide bonds. The Morgan fingerprint density at radius 3 is 3.00 bits per heavy atom. The van der Waals surface area contributed by atoms with Crippen molar-refractivity contribution in [3.05, 3.63) is 30.1 Å². The lowest BCUT2D eigenvalue weighted by molar-refractivity contribution is 0.249. The average molecular weight is 247 g/mol. The molecule has 0 saturated heterocycles. The second-order valence-electron chi connectivity index (χ2n) is 3.72. The van der Waals surface area contributed by atoms with Gasteiger partial charge in [-0.3, -0.25) is 0 Å². The predicted octanol–water partition coefficient (Wildman–Crippen LogP) is 0.665. The fourth-order valence-electron chi connectivity index (χ4n) is 1.40. The second kappa shape index (κ2) is 5.13. The number of nitrogens with zero attached hydrogens (tertiary/aromatic N) is 3. The van der Waals surface area contributed by atoms with E-state index in [2.05, 4.69) is 31.3 Å². The van der Waals surface area contributed by atoms with Gasteiger partial charge in [0.2, 0.25) is 0 Å². The molecule has 1 unspecified atom stereocenters. The van der Waals surface area contributed by atoms with Crippen molar-refractivity contribution in [1.29, 1.82) is 0 Å². The van der Waals surface area contributed by atoms with E-state index in [1.165, 1.54) is 0 Å². The number of aromatic nitrogens is 4. The number of tetrazole rings is 1. The minimum atomic E-state index is -0.363. The van der Waals surface area contributed by atoms with Gasteiger partial charge in [0.25, 0.3) is 0 Å². The summed E-state index contributed by atoms with van der Waals surface area (Å²) in [6.45, 7) is 1.75. The van der Waals surface area contributed by atoms with E-state index in [0.717, 1.165) is 0 Å². The first kappa shape index (κ1) is 11.8. The van der Waals surface area contributed by atoms with Crippen molar-refractivity contribution < 1.29 is 4.79 Å². The van der Waals surface area contributed by atoms with Crippen molar-refractivity contribution in [2.45, 2.75) is 13.0 Å². The van der Waals surface area contributed by atoms with E-state index in [0.29, 0.717) is 17.2 Å². The van der Waals surface area contributed by atoms with Gasteiger partial charge in [0.15, 0.2) is 5.82 Å². The van der Waals surface area contributed by atoms with Crippen molar-refractivity contribution >= 4 is 17.4 Å². The van der Waals surface area contributed by atoms with Gasteiger partial charge in [-0.15, -0.1) is 10.2 Å². The van der Waals surface area contributed by atoms with Gasteiger partial charge in [-0.25, -0.2) is 4.79 Å². The van der Waals surface area contributed by atoms with Crippen LogP contribution in [0.5, 0.6) is 0 Å². The highest BCUT2D eigenvalue weighted by Gasteiger charge is 2.13. The fraction of sp³-hybridized carbons (Fsp3) is 0.200. The van der Waals surface area contributed by atoms with Gasteiger partial charge < -0.3 is 16.4 Å². The third-order valence-electron chi connectivity index (χ3n) is 2.24. The molecule has 94 valence electrons. The summed E-state index contributed by atoms with van der Waals surface area (Å²) in [7, 11) is 0. The SMILES string of the molecule is CC(NC(=O)Nc1cccc(N)c1)c1nn[nH]n1. The lowest BCUT2D eigenvalue weighted by Crippen LogP contribution is -2.31. The molecule has 18 heavy (non-hydrogen) atoms. The molecule has 0 aliphatic heterocycles. The normalized spacial score (nSPS) is 11.8. The van der Waals surface area contributed by atoms with Crippen LogP contribution in [0.15, 0.2) is 24.3 Å². The summed E-state index contributed by atoms with van der Waals surface area (Å²) in [6.07, 6.45) is 0. The number of hydrogen-bond donors (Lipinski definition) is 4. The smallest absolute Gasteiger partial charge is 0.319 e. The second-order valence-corrected chi connectivity index (χ2v) is 3.72. The molecule has 0 spiro atoms. The molecule has 1 atom stereocenters. The zero-order valence-electron chi connectivity index (χ0n) is 9.71. The van der Waals surface area contributed by atoms with E-state index in [4.69, 9.17) is 5.73 Å². The Balaban J connectivity index is 1.93. The Labute approximate surface area is 103 Å². The maximum absolute atomic E-state index is 11.7. The lowest BCUT2D eigenvalue weighted by atomic mass is 10.3. The van der Waals surface area contributed by atoms with Crippen LogP contribution < -0.4 is 16.4 Å². The van der Waals surface area contributed by atoms with Gasteiger partial charge >= 0.3 is 6.03 Å². The maximum atomic E-state index is 11.7. The summed E-state index contributed by atoms with van der Waals surface area (Å²) >= 11 is 0. The number of H-pyrrole nitrogens is 1. The number of nitrogen functional groups attached to an aromatic ring is 1. The largest absolute Gasteiger partial charge is 0.399 e. The molecule has 2 aromatic rings. The molecule has 0 aliphatic carbocycles. The number of aromatic amines is 1. The van der Waals surface area contributed by atoms with Gasteiger partial charge in [0, 0.05) is 11.4 Å². The predicted molar refractivity (Wildman–Crippen MR) is 65.6 cm³/mol. The Bertz CT molecular complexity index is 525. The highest BCUT2D eigenvalue weighted by atomic mass is 16.2. The van der Waals surface area contributed by atoms with Crippen LogP contribution in [0.1, 0.15) is 18.8 Å². The minimum absolute atomic E-state index is 0.343. The summed E-state index contributed by atoms with van der Waals surface area (Å²) in [4.78, 5) is 11.7. The number of carbonyl (C=O) groups is 1. The molecule has 8 heteroatoms. The van der Waals surface area contributed by atoms with Crippen molar-refractivity contribution in [3.8, 4) is 0 Å². The third-order valence-corrected chi connectivity index (χ3v) is 2.24. The van der Waals surface area contributed by atoms with Crippen molar-refractivity contribution in [3.63, 3.8) is 0 Å². The zero-order valence-corrected chi connectivity index (χ0v) is 9.71. The molecule has 1 heterocycles. The Kier molecular flexibility index (Phi) is 3.37. The van der Waals surface area contributed by atoms with Crippen molar-refractivity contribution in [2.24, 2.45) is 0 Å². The molecule has 2 rings (SSSR count). The average Bonchev–Trinajstić information content (AvgIpc) is 2.81. The molecular weight excluding hydrogens is 234 g/mol. The number of hydrogen-bond acceptors (Lipinski definition) is 5. The van der Waals surface area contributed by atoms with E-state index < -0.39 is 0 Å². The standard InChI is InChI=1S/C10H13N7O/c1-6(9-14-16-17-15-9)12-10(18)13-8-4-2-3-7(11)5-8/h2-6H,11H2,1H3,(H2,12,13,18)(H,14,15,16,17). The number of nitrogens with one attached hydrogen (secondary N) is 3. The first-order valence-electron chi connectivity index (χ1n) is 5.31. The van der Waals surface area contributed by atoms with Gasteiger partial charge in [-0.2, -0.15) is 5.21 Å². The summed E-state index contributed by atoms with van der Waals surface area (Å²) in [5.74, 6) is 0.415. The molecular formula is C10H13N7O. The molecule has 1 aromatic heterocycles. The van der Waals surface area contributed by atoms with Crippen LogP contribution in [-0.2, 0) is 0 Å². The molecule has 8 nitrogen and oxygen atoms in total. The highest BCUT2D eigenvalue weighted by Crippen LogP contribution is 2.12. The van der Waals surface area contributed by atoms with Crippen molar-refractivity contribution in [1.82, 2.24) is 25.9 Å². The van der Waals surface area contributed by atoms with Crippen LogP contribution in [0, 0.1) is 0 Å². The summed E-state index contributed by atoms with van der Waals surface area (Å²) in [5, 5.41) is 18.6. The highest BCUT2D eigenvalue weighted by molar-refractivity contribution is 5.89. The summed E-state index contributed by atoms with van der Waals surface area (Å²) < 4.78 is 0. The van der Waals surface area contributed by atoms with E-state index >= 15 is 0 Å². The van der Waals surface area contributed by atoms with E-state index in [-0.39, 0.29) is 12.1 Å². The topological polar surface area (TPSA) is 122 Å². The van der Waals surface area contributed by atoms with Crippen LogP contribution in [0.2, 0.25) is 0 Å². The molecule has 0 radical (unpaired) electrons. The van der Waals surface area contributed by atoms with E-state index in [1.807, 2.05) is 0 Å². The number of nitrogens with two attached hydrogens (primary N) is 1. The lowest BCUT2D eigenvalue weighted by Gasteiger charge is -2.11. The summed E-state index contributed by atoms with van der Waals surface area (Å²) in [6, 6.07) is 6.20. The molecule has 5 N–H and O–H groups in total. The van der Waals surface area contributed by atoms with Crippen LogP contribution in [0.3, 0.4) is 0 Å². The first-order valence-corrected chi connectivity index (χ1v) is 5.31. The van der Waals surface area contributed by atoms with Gasteiger partial charge in [-0.05, 0) is 25.1 Å². The van der Waals surface area contributed by atoms with Crippen LogP contribution in [-0.4, -0.2) is 26.7 Å². The van der Waals surface area contributed by atoms with Crippen LogP contribution >= 0.6 is 0 Å². The number of benzene rings is 1. The number of urea groups is 1. The quantitative estimate of drug-likeness (QED) is 0.594.